The average molecular weight is 241 g/mol. The van der Waals surface area contributed by atoms with Crippen molar-refractivity contribution in [1.82, 2.24) is 0 Å². The number of aryl methyl sites for hydroxylation is 1. The number of ether oxygens (including phenoxy) is 1. The summed E-state index contributed by atoms with van der Waals surface area (Å²) in [6, 6.07) is 8.71. The van der Waals surface area contributed by atoms with E-state index in [-0.39, 0.29) is 11.5 Å². The molecule has 0 saturated heterocycles. The van der Waals surface area contributed by atoms with Crippen LogP contribution in [0, 0.1) is 18.3 Å². The Kier molecular flexibility index (Phi) is 2.78. The molecule has 3 rings (SSSR count). The molecule has 2 aliphatic rings. The molecule has 0 N–H and O–H groups in total. The van der Waals surface area contributed by atoms with E-state index in [1.54, 1.807) is 0 Å². The zero-order chi connectivity index (χ0) is 12.6. The molecule has 1 heterocycles. The molecule has 0 bridgehead atoms. The van der Waals surface area contributed by atoms with Gasteiger partial charge in [0.15, 0.2) is 0 Å². The molecule has 1 aliphatic heterocycles. The molecule has 1 atom stereocenters. The number of fused-ring (bicyclic) bond motifs is 1. The summed E-state index contributed by atoms with van der Waals surface area (Å²) in [6.07, 6.45) is 6.87. The molecular formula is C16H19NO. The minimum atomic E-state index is -0.0547. The molecule has 1 aromatic carbocycles. The van der Waals surface area contributed by atoms with Crippen molar-refractivity contribution in [3.05, 3.63) is 29.3 Å². The van der Waals surface area contributed by atoms with E-state index in [1.807, 2.05) is 6.07 Å². The van der Waals surface area contributed by atoms with Gasteiger partial charge in [-0.1, -0.05) is 24.1 Å². The molecule has 2 heteroatoms. The van der Waals surface area contributed by atoms with Crippen molar-refractivity contribution in [2.75, 3.05) is 0 Å². The van der Waals surface area contributed by atoms with Gasteiger partial charge in [-0.3, -0.25) is 0 Å². The van der Waals surface area contributed by atoms with Crippen molar-refractivity contribution in [2.24, 2.45) is 0 Å². The van der Waals surface area contributed by atoms with Crippen LogP contribution >= 0.6 is 0 Å². The third-order valence-corrected chi connectivity index (χ3v) is 4.36. The maximum absolute atomic E-state index is 9.44. The second-order valence-electron chi connectivity index (χ2n) is 5.77. The Hall–Kier alpha value is -1.49. The number of nitriles is 1. The number of hydrogen-bond acceptors (Lipinski definition) is 2. The zero-order valence-corrected chi connectivity index (χ0v) is 10.9. The summed E-state index contributed by atoms with van der Waals surface area (Å²) in [5.41, 5.74) is 2.24. The van der Waals surface area contributed by atoms with E-state index < -0.39 is 0 Å². The fourth-order valence-corrected chi connectivity index (χ4v) is 3.41. The highest BCUT2D eigenvalue weighted by Gasteiger charge is 2.41. The van der Waals surface area contributed by atoms with Crippen molar-refractivity contribution < 1.29 is 4.74 Å². The van der Waals surface area contributed by atoms with Gasteiger partial charge in [0.05, 0.1) is 12.0 Å². The first-order valence-electron chi connectivity index (χ1n) is 6.92. The van der Waals surface area contributed by atoms with Gasteiger partial charge >= 0.3 is 0 Å². The van der Waals surface area contributed by atoms with E-state index in [1.165, 1.54) is 24.8 Å². The van der Waals surface area contributed by atoms with Crippen LogP contribution in [0.3, 0.4) is 0 Å². The van der Waals surface area contributed by atoms with Gasteiger partial charge in [-0.2, -0.15) is 5.26 Å². The average Bonchev–Trinajstić information content (AvgIpc) is 2.39. The summed E-state index contributed by atoms with van der Waals surface area (Å²) in [5, 5.41) is 9.44. The van der Waals surface area contributed by atoms with Gasteiger partial charge in [0.25, 0.3) is 0 Å². The normalized spacial score (nSPS) is 25.0. The van der Waals surface area contributed by atoms with Crippen LogP contribution in [-0.2, 0) is 0 Å². The molecule has 18 heavy (non-hydrogen) atoms. The Labute approximate surface area is 109 Å². The SMILES string of the molecule is Cc1ccc2c(c1)C(C#N)CC1(CCCCC1)O2. The van der Waals surface area contributed by atoms with Crippen molar-refractivity contribution in [3.8, 4) is 11.8 Å². The molecule has 94 valence electrons. The molecular weight excluding hydrogens is 222 g/mol. The van der Waals surface area contributed by atoms with Crippen LogP contribution in [0.1, 0.15) is 55.6 Å². The summed E-state index contributed by atoms with van der Waals surface area (Å²) in [4.78, 5) is 0. The summed E-state index contributed by atoms with van der Waals surface area (Å²) < 4.78 is 6.30. The number of rotatable bonds is 0. The van der Waals surface area contributed by atoms with Gasteiger partial charge in [-0.25, -0.2) is 0 Å². The highest BCUT2D eigenvalue weighted by molar-refractivity contribution is 5.44. The lowest BCUT2D eigenvalue weighted by atomic mass is 9.75. The number of benzene rings is 1. The molecule has 1 spiro atoms. The first-order valence-corrected chi connectivity index (χ1v) is 6.92. The van der Waals surface area contributed by atoms with Crippen molar-refractivity contribution in [2.45, 2.75) is 57.0 Å². The van der Waals surface area contributed by atoms with Crippen LogP contribution in [0.5, 0.6) is 5.75 Å². The summed E-state index contributed by atoms with van der Waals surface area (Å²) in [7, 11) is 0. The molecule has 0 radical (unpaired) electrons. The van der Waals surface area contributed by atoms with Crippen LogP contribution < -0.4 is 4.74 Å². The Balaban J connectivity index is 1.99. The minimum Gasteiger partial charge on any atom is -0.487 e. The fourth-order valence-electron chi connectivity index (χ4n) is 3.41. The maximum Gasteiger partial charge on any atom is 0.124 e. The van der Waals surface area contributed by atoms with Crippen LogP contribution in [0.2, 0.25) is 0 Å². The Morgan fingerprint density at radius 3 is 2.78 bits per heavy atom. The van der Waals surface area contributed by atoms with E-state index in [0.717, 1.165) is 30.6 Å². The second kappa shape index (κ2) is 4.31. The number of hydrogen-bond donors (Lipinski definition) is 0. The van der Waals surface area contributed by atoms with Crippen molar-refractivity contribution in [1.29, 1.82) is 5.26 Å². The monoisotopic (exact) mass is 241 g/mol. The topological polar surface area (TPSA) is 33.0 Å². The minimum absolute atomic E-state index is 0.00625. The van der Waals surface area contributed by atoms with Gasteiger partial charge in [-0.05, 0) is 38.7 Å². The van der Waals surface area contributed by atoms with Crippen LogP contribution in [-0.4, -0.2) is 5.60 Å². The van der Waals surface area contributed by atoms with Gasteiger partial charge < -0.3 is 4.74 Å². The fraction of sp³-hybridized carbons (Fsp3) is 0.562. The number of nitrogens with zero attached hydrogens (tertiary/aromatic N) is 1. The van der Waals surface area contributed by atoms with E-state index in [9.17, 15) is 5.26 Å². The Bertz CT molecular complexity index is 494. The zero-order valence-electron chi connectivity index (χ0n) is 10.9. The van der Waals surface area contributed by atoms with Crippen molar-refractivity contribution >= 4 is 0 Å². The lowest BCUT2D eigenvalue weighted by molar-refractivity contribution is 0.00671. The molecule has 1 aromatic rings. The molecule has 0 aromatic heterocycles. The lowest BCUT2D eigenvalue weighted by Crippen LogP contribution is -2.42. The van der Waals surface area contributed by atoms with Crippen molar-refractivity contribution in [3.63, 3.8) is 0 Å². The highest BCUT2D eigenvalue weighted by atomic mass is 16.5. The molecule has 1 aliphatic carbocycles. The smallest absolute Gasteiger partial charge is 0.124 e. The molecule has 1 fully saturated rings. The van der Waals surface area contributed by atoms with E-state index >= 15 is 0 Å². The predicted molar refractivity (Wildman–Crippen MR) is 70.6 cm³/mol. The second-order valence-corrected chi connectivity index (χ2v) is 5.77. The quantitative estimate of drug-likeness (QED) is 0.685. The molecule has 2 nitrogen and oxygen atoms in total. The Morgan fingerprint density at radius 1 is 1.28 bits per heavy atom. The van der Waals surface area contributed by atoms with E-state index in [0.29, 0.717) is 0 Å². The van der Waals surface area contributed by atoms with Gasteiger partial charge in [0.1, 0.15) is 11.4 Å². The van der Waals surface area contributed by atoms with Crippen LogP contribution in [0.4, 0.5) is 0 Å². The third-order valence-electron chi connectivity index (χ3n) is 4.36. The standard InChI is InChI=1S/C16H19NO/c1-12-5-6-15-14(9-12)13(11-17)10-16(18-15)7-3-2-4-8-16/h5-6,9,13H,2-4,7-8,10H2,1H3. The molecule has 1 saturated carbocycles. The van der Waals surface area contributed by atoms with E-state index in [2.05, 4.69) is 25.1 Å². The van der Waals surface area contributed by atoms with Gasteiger partial charge in [0.2, 0.25) is 0 Å². The summed E-state index contributed by atoms with van der Waals surface area (Å²) >= 11 is 0. The maximum atomic E-state index is 9.44. The predicted octanol–water partition coefficient (Wildman–Crippen LogP) is 4.09. The molecule has 1 unspecified atom stereocenters. The third kappa shape index (κ3) is 1.88. The van der Waals surface area contributed by atoms with E-state index in [4.69, 9.17) is 4.74 Å². The van der Waals surface area contributed by atoms with Crippen LogP contribution in [0.25, 0.3) is 0 Å². The Morgan fingerprint density at radius 2 is 2.06 bits per heavy atom. The van der Waals surface area contributed by atoms with Crippen LogP contribution in [0.15, 0.2) is 18.2 Å². The van der Waals surface area contributed by atoms with Gasteiger partial charge in [0, 0.05) is 12.0 Å². The lowest BCUT2D eigenvalue weighted by Gasteiger charge is -2.43. The summed E-state index contributed by atoms with van der Waals surface area (Å²) in [5.74, 6) is 0.951. The van der Waals surface area contributed by atoms with Gasteiger partial charge in [-0.15, -0.1) is 0 Å². The molecule has 0 amide bonds. The first-order chi connectivity index (χ1) is 8.72. The highest BCUT2D eigenvalue weighted by Crippen LogP contribution is 2.46. The largest absolute Gasteiger partial charge is 0.487 e. The first kappa shape index (κ1) is 11.6. The summed E-state index contributed by atoms with van der Waals surface area (Å²) in [6.45, 7) is 2.07.